The highest BCUT2D eigenvalue weighted by atomic mass is 32.2. The number of benzene rings is 1. The average Bonchev–Trinajstić information content (AvgIpc) is 2.36. The fraction of sp³-hybridized carbons (Fsp3) is 0.333. The monoisotopic (exact) mass is 266 g/mol. The number of hydrogen-bond donors (Lipinski definition) is 1. The molecule has 1 N–H and O–H groups in total. The van der Waals surface area contributed by atoms with Crippen LogP contribution in [0.3, 0.4) is 0 Å². The molecule has 1 aromatic rings. The first-order valence-corrected chi connectivity index (χ1v) is 7.04. The van der Waals surface area contributed by atoms with Gasteiger partial charge in [0.2, 0.25) is 0 Å². The van der Waals surface area contributed by atoms with Crippen LogP contribution >= 0.6 is 0 Å². The number of nitriles is 1. The standard InChI is InChI=1S/C12H14N2O3S/c1-18(16)7-6-14-12(15)9-17-11-4-2-10(8-13)3-5-11/h2-5H,6-7,9H2,1H3,(H,14,15). The minimum absolute atomic E-state index is 0.0950. The quantitative estimate of drug-likeness (QED) is 0.810. The van der Waals surface area contributed by atoms with Crippen LogP contribution in [0.25, 0.3) is 0 Å². The van der Waals surface area contributed by atoms with Crippen molar-refractivity contribution in [2.24, 2.45) is 0 Å². The van der Waals surface area contributed by atoms with E-state index >= 15 is 0 Å². The summed E-state index contributed by atoms with van der Waals surface area (Å²) in [6.45, 7) is 0.279. The number of rotatable bonds is 6. The normalized spacial score (nSPS) is 11.3. The first-order valence-electron chi connectivity index (χ1n) is 5.31. The molecule has 0 spiro atoms. The number of amides is 1. The van der Waals surface area contributed by atoms with Crippen LogP contribution in [0.5, 0.6) is 5.75 Å². The molecule has 0 aliphatic rings. The second-order valence-corrected chi connectivity index (χ2v) is 5.11. The topological polar surface area (TPSA) is 79.2 Å². The molecule has 0 aliphatic carbocycles. The lowest BCUT2D eigenvalue weighted by atomic mass is 10.2. The Morgan fingerprint density at radius 2 is 2.11 bits per heavy atom. The molecule has 1 unspecified atom stereocenters. The summed E-state index contributed by atoms with van der Waals surface area (Å²) in [5.74, 6) is 0.704. The van der Waals surface area contributed by atoms with Crippen molar-refractivity contribution in [3.8, 4) is 11.8 Å². The Hall–Kier alpha value is -1.87. The molecule has 0 heterocycles. The van der Waals surface area contributed by atoms with Crippen LogP contribution in [0.15, 0.2) is 24.3 Å². The predicted octanol–water partition coefficient (Wildman–Crippen LogP) is 0.432. The number of nitrogens with one attached hydrogen (secondary N) is 1. The second-order valence-electron chi connectivity index (χ2n) is 3.55. The van der Waals surface area contributed by atoms with E-state index < -0.39 is 10.8 Å². The Kier molecular flexibility index (Phi) is 5.88. The predicted molar refractivity (Wildman–Crippen MR) is 68.6 cm³/mol. The molecular formula is C12H14N2O3S. The summed E-state index contributed by atoms with van der Waals surface area (Å²) in [5.41, 5.74) is 0.539. The van der Waals surface area contributed by atoms with E-state index in [0.717, 1.165) is 0 Å². The van der Waals surface area contributed by atoms with E-state index in [0.29, 0.717) is 23.6 Å². The third kappa shape index (κ3) is 5.46. The Balaban J connectivity index is 2.29. The van der Waals surface area contributed by atoms with Crippen molar-refractivity contribution < 1.29 is 13.7 Å². The van der Waals surface area contributed by atoms with Crippen molar-refractivity contribution in [3.05, 3.63) is 29.8 Å². The van der Waals surface area contributed by atoms with Gasteiger partial charge in [0.1, 0.15) is 5.75 Å². The summed E-state index contributed by atoms with van der Waals surface area (Å²) >= 11 is 0. The van der Waals surface area contributed by atoms with E-state index in [4.69, 9.17) is 10.00 Å². The summed E-state index contributed by atoms with van der Waals surface area (Å²) < 4.78 is 16.0. The zero-order valence-corrected chi connectivity index (χ0v) is 10.8. The Bertz CT molecular complexity index is 465. The van der Waals surface area contributed by atoms with E-state index in [-0.39, 0.29) is 12.5 Å². The van der Waals surface area contributed by atoms with Gasteiger partial charge in [-0.1, -0.05) is 0 Å². The molecule has 6 heteroatoms. The number of hydrogen-bond acceptors (Lipinski definition) is 4. The lowest BCUT2D eigenvalue weighted by molar-refractivity contribution is -0.122. The number of carbonyl (C=O) groups is 1. The first kappa shape index (κ1) is 14.2. The van der Waals surface area contributed by atoms with Crippen molar-refractivity contribution in [3.63, 3.8) is 0 Å². The van der Waals surface area contributed by atoms with Gasteiger partial charge in [-0.2, -0.15) is 5.26 Å². The molecule has 0 aromatic heterocycles. The number of nitrogens with zero attached hydrogens (tertiary/aromatic N) is 1. The summed E-state index contributed by atoms with van der Waals surface area (Å²) in [6, 6.07) is 8.49. The third-order valence-corrected chi connectivity index (χ3v) is 2.84. The smallest absolute Gasteiger partial charge is 0.257 e. The van der Waals surface area contributed by atoms with E-state index in [1.807, 2.05) is 6.07 Å². The van der Waals surface area contributed by atoms with Gasteiger partial charge in [0.05, 0.1) is 11.6 Å². The number of carbonyl (C=O) groups excluding carboxylic acids is 1. The molecule has 0 saturated carbocycles. The van der Waals surface area contributed by atoms with Gasteiger partial charge in [0.15, 0.2) is 6.61 Å². The van der Waals surface area contributed by atoms with Crippen molar-refractivity contribution in [1.29, 1.82) is 5.26 Å². The highest BCUT2D eigenvalue weighted by molar-refractivity contribution is 7.84. The minimum atomic E-state index is -0.912. The largest absolute Gasteiger partial charge is 0.484 e. The SMILES string of the molecule is CS(=O)CCNC(=O)COc1ccc(C#N)cc1. The molecule has 0 bridgehead atoms. The second kappa shape index (κ2) is 7.45. The maximum Gasteiger partial charge on any atom is 0.257 e. The Morgan fingerprint density at radius 1 is 1.44 bits per heavy atom. The summed E-state index contributed by atoms with van der Waals surface area (Å²) in [7, 11) is -0.912. The van der Waals surface area contributed by atoms with Gasteiger partial charge >= 0.3 is 0 Å². The van der Waals surface area contributed by atoms with Crippen molar-refractivity contribution in [1.82, 2.24) is 5.32 Å². The zero-order valence-electron chi connectivity index (χ0n) is 10.0. The molecule has 1 rings (SSSR count). The summed E-state index contributed by atoms with van der Waals surface area (Å²) in [6.07, 6.45) is 1.58. The molecule has 0 saturated heterocycles. The molecule has 18 heavy (non-hydrogen) atoms. The number of ether oxygens (including phenoxy) is 1. The third-order valence-electron chi connectivity index (χ3n) is 2.07. The van der Waals surface area contributed by atoms with E-state index in [9.17, 15) is 9.00 Å². The fourth-order valence-electron chi connectivity index (χ4n) is 1.16. The summed E-state index contributed by atoms with van der Waals surface area (Å²) in [4.78, 5) is 11.3. The Morgan fingerprint density at radius 3 is 2.67 bits per heavy atom. The van der Waals surface area contributed by atoms with Gasteiger partial charge in [-0.3, -0.25) is 9.00 Å². The van der Waals surface area contributed by atoms with Gasteiger partial charge < -0.3 is 10.1 Å². The Labute approximate surface area is 108 Å². The lowest BCUT2D eigenvalue weighted by Gasteiger charge is -2.06. The molecule has 5 nitrogen and oxygen atoms in total. The van der Waals surface area contributed by atoms with Crippen LogP contribution in [0.2, 0.25) is 0 Å². The van der Waals surface area contributed by atoms with Crippen LogP contribution in [-0.2, 0) is 15.6 Å². The maximum absolute atomic E-state index is 11.3. The molecule has 1 amide bonds. The van der Waals surface area contributed by atoms with Crippen LogP contribution in [0.1, 0.15) is 5.56 Å². The molecule has 1 atom stereocenters. The average molecular weight is 266 g/mol. The van der Waals surface area contributed by atoms with Gasteiger partial charge in [-0.15, -0.1) is 0 Å². The van der Waals surface area contributed by atoms with E-state index in [2.05, 4.69) is 5.32 Å². The van der Waals surface area contributed by atoms with Gasteiger partial charge in [0, 0.05) is 29.4 Å². The highest BCUT2D eigenvalue weighted by Gasteiger charge is 2.02. The fourth-order valence-corrected chi connectivity index (χ4v) is 1.55. The van der Waals surface area contributed by atoms with Crippen LogP contribution in [0, 0.1) is 11.3 Å². The van der Waals surface area contributed by atoms with Gasteiger partial charge in [-0.05, 0) is 24.3 Å². The van der Waals surface area contributed by atoms with E-state index in [1.54, 1.807) is 30.5 Å². The van der Waals surface area contributed by atoms with Crippen molar-refractivity contribution in [2.75, 3.05) is 25.2 Å². The van der Waals surface area contributed by atoms with Gasteiger partial charge in [0.25, 0.3) is 5.91 Å². The molecule has 0 aliphatic heterocycles. The highest BCUT2D eigenvalue weighted by Crippen LogP contribution is 2.10. The maximum atomic E-state index is 11.3. The van der Waals surface area contributed by atoms with Crippen LogP contribution in [0.4, 0.5) is 0 Å². The van der Waals surface area contributed by atoms with Gasteiger partial charge in [-0.25, -0.2) is 0 Å². The van der Waals surface area contributed by atoms with Crippen LogP contribution < -0.4 is 10.1 Å². The van der Waals surface area contributed by atoms with Crippen molar-refractivity contribution in [2.45, 2.75) is 0 Å². The summed E-state index contributed by atoms with van der Waals surface area (Å²) in [5, 5.41) is 11.2. The van der Waals surface area contributed by atoms with Crippen molar-refractivity contribution >= 4 is 16.7 Å². The molecule has 0 radical (unpaired) electrons. The molecular weight excluding hydrogens is 252 g/mol. The minimum Gasteiger partial charge on any atom is -0.484 e. The van der Waals surface area contributed by atoms with Crippen LogP contribution in [-0.4, -0.2) is 35.3 Å². The molecule has 96 valence electrons. The van der Waals surface area contributed by atoms with E-state index in [1.165, 1.54) is 0 Å². The lowest BCUT2D eigenvalue weighted by Crippen LogP contribution is -2.31. The first-order chi connectivity index (χ1) is 8.61. The molecule has 1 aromatic carbocycles. The zero-order chi connectivity index (χ0) is 13.4. The molecule has 0 fully saturated rings.